The smallest absolute Gasteiger partial charge is 0.0752 e. The van der Waals surface area contributed by atoms with Gasteiger partial charge in [0.15, 0.2) is 0 Å². The van der Waals surface area contributed by atoms with Crippen LogP contribution in [0.5, 0.6) is 0 Å². The lowest BCUT2D eigenvalue weighted by atomic mass is 10.0. The molecule has 0 aliphatic carbocycles. The van der Waals surface area contributed by atoms with Crippen LogP contribution in [0.1, 0.15) is 18.4 Å². The van der Waals surface area contributed by atoms with E-state index in [0.717, 1.165) is 53.1 Å². The van der Waals surface area contributed by atoms with Crippen LogP contribution in [-0.2, 0) is 0 Å². The number of rotatable bonds is 2. The number of aryl methyl sites for hydroxylation is 1. The molecule has 0 atom stereocenters. The van der Waals surface area contributed by atoms with E-state index >= 15 is 0 Å². The quantitative estimate of drug-likeness (QED) is 0.914. The Bertz CT molecular complexity index is 618. The van der Waals surface area contributed by atoms with E-state index in [1.165, 1.54) is 0 Å². The molecule has 1 saturated heterocycles. The number of hydrogen-bond acceptors (Lipinski definition) is 3. The van der Waals surface area contributed by atoms with E-state index in [2.05, 4.69) is 35.2 Å². The minimum absolute atomic E-state index is 0.495. The number of piperidine rings is 1. The summed E-state index contributed by atoms with van der Waals surface area (Å²) in [5.74, 6) is 0. The van der Waals surface area contributed by atoms with Crippen molar-refractivity contribution in [3.05, 3.63) is 35.0 Å². The summed E-state index contributed by atoms with van der Waals surface area (Å²) in [4.78, 5) is 6.85. The van der Waals surface area contributed by atoms with Crippen molar-refractivity contribution in [2.45, 2.75) is 25.8 Å². The van der Waals surface area contributed by atoms with Crippen molar-refractivity contribution in [2.75, 3.05) is 25.5 Å². The Balaban J connectivity index is 1.95. The molecule has 0 radical (unpaired) electrons. The Morgan fingerprint density at radius 2 is 2.10 bits per heavy atom. The summed E-state index contributed by atoms with van der Waals surface area (Å²) in [5, 5.41) is 5.56. The Morgan fingerprint density at radius 3 is 2.85 bits per heavy atom. The fourth-order valence-electron chi connectivity index (χ4n) is 2.88. The average Bonchev–Trinajstić information content (AvgIpc) is 2.45. The lowest BCUT2D eigenvalue weighted by Crippen LogP contribution is -2.36. The molecule has 4 heteroatoms. The van der Waals surface area contributed by atoms with E-state index in [1.807, 2.05) is 18.3 Å². The number of hydrogen-bond donors (Lipinski definition) is 1. The van der Waals surface area contributed by atoms with Gasteiger partial charge < -0.3 is 10.2 Å². The fourth-order valence-corrected chi connectivity index (χ4v) is 3.20. The van der Waals surface area contributed by atoms with E-state index in [-0.39, 0.29) is 0 Å². The summed E-state index contributed by atoms with van der Waals surface area (Å²) in [5.41, 5.74) is 3.20. The maximum atomic E-state index is 6.46. The van der Waals surface area contributed by atoms with E-state index in [4.69, 9.17) is 11.6 Å². The van der Waals surface area contributed by atoms with Gasteiger partial charge in [0.25, 0.3) is 0 Å². The second-order valence-electron chi connectivity index (χ2n) is 5.67. The van der Waals surface area contributed by atoms with Gasteiger partial charge in [-0.2, -0.15) is 0 Å². The SMILES string of the molecule is Cc1cc(Cl)c(NC2CCN(C)CC2)c2cccnc12. The number of halogens is 1. The molecule has 0 spiro atoms. The molecule has 1 fully saturated rings. The molecule has 1 aliphatic heterocycles. The Labute approximate surface area is 124 Å². The number of anilines is 1. The highest BCUT2D eigenvalue weighted by atomic mass is 35.5. The van der Waals surface area contributed by atoms with Crippen molar-refractivity contribution < 1.29 is 0 Å². The van der Waals surface area contributed by atoms with Crippen LogP contribution >= 0.6 is 11.6 Å². The van der Waals surface area contributed by atoms with Crippen LogP contribution in [0.4, 0.5) is 5.69 Å². The van der Waals surface area contributed by atoms with Crippen LogP contribution in [0.15, 0.2) is 24.4 Å². The molecule has 3 rings (SSSR count). The van der Waals surface area contributed by atoms with Crippen LogP contribution in [0.25, 0.3) is 10.9 Å². The third-order valence-electron chi connectivity index (χ3n) is 4.10. The molecule has 3 nitrogen and oxygen atoms in total. The van der Waals surface area contributed by atoms with Gasteiger partial charge in [-0.05, 0) is 63.7 Å². The molecular weight excluding hydrogens is 270 g/mol. The van der Waals surface area contributed by atoms with E-state index < -0.39 is 0 Å². The molecule has 1 aromatic heterocycles. The highest BCUT2D eigenvalue weighted by molar-refractivity contribution is 6.35. The second-order valence-corrected chi connectivity index (χ2v) is 6.08. The Hall–Kier alpha value is -1.32. The summed E-state index contributed by atoms with van der Waals surface area (Å²) in [6.07, 6.45) is 4.15. The molecule has 1 N–H and O–H groups in total. The minimum Gasteiger partial charge on any atom is -0.380 e. The first-order chi connectivity index (χ1) is 9.65. The normalized spacial score (nSPS) is 17.6. The molecule has 0 bridgehead atoms. The molecule has 1 aromatic carbocycles. The van der Waals surface area contributed by atoms with Gasteiger partial charge in [0, 0.05) is 17.6 Å². The maximum Gasteiger partial charge on any atom is 0.0752 e. The maximum absolute atomic E-state index is 6.46. The van der Waals surface area contributed by atoms with Crippen LogP contribution in [0.2, 0.25) is 5.02 Å². The predicted molar refractivity (Wildman–Crippen MR) is 85.6 cm³/mol. The van der Waals surface area contributed by atoms with Crippen molar-refractivity contribution in [3.63, 3.8) is 0 Å². The van der Waals surface area contributed by atoms with Crippen LogP contribution in [0.3, 0.4) is 0 Å². The first kappa shape index (κ1) is 13.7. The highest BCUT2D eigenvalue weighted by Crippen LogP contribution is 2.33. The molecule has 0 saturated carbocycles. The fraction of sp³-hybridized carbons (Fsp3) is 0.438. The van der Waals surface area contributed by atoms with Crippen LogP contribution in [-0.4, -0.2) is 36.1 Å². The van der Waals surface area contributed by atoms with Crippen LogP contribution < -0.4 is 5.32 Å². The third kappa shape index (κ3) is 2.60. The number of pyridine rings is 1. The van der Waals surface area contributed by atoms with Gasteiger partial charge >= 0.3 is 0 Å². The van der Waals surface area contributed by atoms with Gasteiger partial charge in [-0.1, -0.05) is 11.6 Å². The standard InChI is InChI=1S/C16H20ClN3/c1-11-10-14(17)16(13-4-3-7-18-15(11)13)19-12-5-8-20(2)9-6-12/h3-4,7,10,12,19H,5-6,8-9H2,1-2H3. The number of benzene rings is 1. The van der Waals surface area contributed by atoms with Gasteiger partial charge in [-0.3, -0.25) is 4.98 Å². The molecule has 2 aromatic rings. The predicted octanol–water partition coefficient (Wildman–Crippen LogP) is 3.70. The average molecular weight is 290 g/mol. The number of nitrogens with one attached hydrogen (secondary N) is 1. The lowest BCUT2D eigenvalue weighted by molar-refractivity contribution is 0.264. The number of likely N-dealkylation sites (tertiary alicyclic amines) is 1. The van der Waals surface area contributed by atoms with Gasteiger partial charge in [0.05, 0.1) is 16.2 Å². The zero-order chi connectivity index (χ0) is 14.1. The van der Waals surface area contributed by atoms with E-state index in [0.29, 0.717) is 6.04 Å². The zero-order valence-corrected chi connectivity index (χ0v) is 12.7. The van der Waals surface area contributed by atoms with Gasteiger partial charge in [-0.25, -0.2) is 0 Å². The number of fused-ring (bicyclic) bond motifs is 1. The van der Waals surface area contributed by atoms with E-state index in [9.17, 15) is 0 Å². The van der Waals surface area contributed by atoms with Gasteiger partial charge in [-0.15, -0.1) is 0 Å². The molecule has 106 valence electrons. The van der Waals surface area contributed by atoms with Crippen molar-refractivity contribution in [1.29, 1.82) is 0 Å². The van der Waals surface area contributed by atoms with Gasteiger partial charge in [0.2, 0.25) is 0 Å². The lowest BCUT2D eigenvalue weighted by Gasteiger charge is -2.30. The summed E-state index contributed by atoms with van der Waals surface area (Å²) < 4.78 is 0. The van der Waals surface area contributed by atoms with Crippen molar-refractivity contribution in [3.8, 4) is 0 Å². The minimum atomic E-state index is 0.495. The zero-order valence-electron chi connectivity index (χ0n) is 12.0. The first-order valence-electron chi connectivity index (χ1n) is 7.14. The molecule has 20 heavy (non-hydrogen) atoms. The van der Waals surface area contributed by atoms with E-state index in [1.54, 1.807) is 0 Å². The monoisotopic (exact) mass is 289 g/mol. The summed E-state index contributed by atoms with van der Waals surface area (Å²) in [6, 6.07) is 6.57. The summed E-state index contributed by atoms with van der Waals surface area (Å²) in [6.45, 7) is 4.33. The van der Waals surface area contributed by atoms with Gasteiger partial charge in [0.1, 0.15) is 0 Å². The third-order valence-corrected chi connectivity index (χ3v) is 4.40. The molecule has 0 amide bonds. The van der Waals surface area contributed by atoms with Crippen molar-refractivity contribution in [2.24, 2.45) is 0 Å². The summed E-state index contributed by atoms with van der Waals surface area (Å²) >= 11 is 6.46. The first-order valence-corrected chi connectivity index (χ1v) is 7.52. The highest BCUT2D eigenvalue weighted by Gasteiger charge is 2.19. The number of nitrogens with zero attached hydrogens (tertiary/aromatic N) is 2. The molecular formula is C16H20ClN3. The van der Waals surface area contributed by atoms with Crippen molar-refractivity contribution >= 4 is 28.2 Å². The second kappa shape index (κ2) is 5.58. The molecule has 2 heterocycles. The Morgan fingerprint density at radius 1 is 1.35 bits per heavy atom. The molecule has 0 unspecified atom stereocenters. The van der Waals surface area contributed by atoms with Crippen LogP contribution in [0, 0.1) is 6.92 Å². The largest absolute Gasteiger partial charge is 0.380 e. The molecule has 1 aliphatic rings. The van der Waals surface area contributed by atoms with Crippen molar-refractivity contribution in [1.82, 2.24) is 9.88 Å². The topological polar surface area (TPSA) is 28.2 Å². The number of aromatic nitrogens is 1. The Kier molecular flexibility index (Phi) is 3.81. The summed E-state index contributed by atoms with van der Waals surface area (Å²) in [7, 11) is 2.17.